The van der Waals surface area contributed by atoms with Gasteiger partial charge in [-0.05, 0) is 42.8 Å². The molecule has 20 heavy (non-hydrogen) atoms. The molecule has 0 heterocycles. The third-order valence-corrected chi connectivity index (χ3v) is 3.39. The summed E-state index contributed by atoms with van der Waals surface area (Å²) in [5.74, 6) is 0. The predicted octanol–water partition coefficient (Wildman–Crippen LogP) is 4.36. The SMILES string of the molecule is C=C(Nc1ccc(C)c(N)c1)c1cc(Cl)ccc1NC. The number of rotatable bonds is 4. The minimum Gasteiger partial charge on any atom is -0.398 e. The van der Waals surface area contributed by atoms with Crippen LogP contribution in [0.15, 0.2) is 43.0 Å². The number of aryl methyl sites for hydroxylation is 1. The largest absolute Gasteiger partial charge is 0.398 e. The lowest BCUT2D eigenvalue weighted by Crippen LogP contribution is -2.02. The lowest BCUT2D eigenvalue weighted by atomic mass is 10.1. The fourth-order valence-electron chi connectivity index (χ4n) is 1.94. The molecular formula is C16H18ClN3. The minimum atomic E-state index is 0.672. The molecule has 104 valence electrons. The van der Waals surface area contributed by atoms with Crippen LogP contribution < -0.4 is 16.4 Å². The third-order valence-electron chi connectivity index (χ3n) is 3.15. The minimum absolute atomic E-state index is 0.672. The van der Waals surface area contributed by atoms with Crippen LogP contribution in [0.2, 0.25) is 5.02 Å². The number of halogens is 1. The van der Waals surface area contributed by atoms with Gasteiger partial charge >= 0.3 is 0 Å². The maximum atomic E-state index is 6.05. The van der Waals surface area contributed by atoms with Crippen molar-refractivity contribution in [2.75, 3.05) is 23.4 Å². The molecule has 3 nitrogen and oxygen atoms in total. The molecule has 0 unspecified atom stereocenters. The molecule has 0 bridgehead atoms. The molecule has 0 radical (unpaired) electrons. The van der Waals surface area contributed by atoms with Gasteiger partial charge in [-0.2, -0.15) is 0 Å². The molecule has 0 amide bonds. The molecule has 0 aromatic heterocycles. The first-order valence-electron chi connectivity index (χ1n) is 6.31. The number of nitrogens with two attached hydrogens (primary N) is 1. The van der Waals surface area contributed by atoms with E-state index in [0.29, 0.717) is 5.02 Å². The Morgan fingerprint density at radius 3 is 2.60 bits per heavy atom. The van der Waals surface area contributed by atoms with Gasteiger partial charge < -0.3 is 16.4 Å². The summed E-state index contributed by atoms with van der Waals surface area (Å²) in [7, 11) is 1.86. The van der Waals surface area contributed by atoms with Crippen molar-refractivity contribution in [2.24, 2.45) is 0 Å². The van der Waals surface area contributed by atoms with Gasteiger partial charge in [-0.15, -0.1) is 0 Å². The van der Waals surface area contributed by atoms with Crippen LogP contribution in [0.3, 0.4) is 0 Å². The van der Waals surface area contributed by atoms with Gasteiger partial charge in [-0.1, -0.05) is 24.2 Å². The third kappa shape index (κ3) is 3.06. The van der Waals surface area contributed by atoms with E-state index < -0.39 is 0 Å². The first kappa shape index (κ1) is 14.3. The monoisotopic (exact) mass is 287 g/mol. The van der Waals surface area contributed by atoms with Crippen LogP contribution in [0.5, 0.6) is 0 Å². The maximum absolute atomic E-state index is 6.05. The summed E-state index contributed by atoms with van der Waals surface area (Å²) in [6.07, 6.45) is 0. The van der Waals surface area contributed by atoms with Crippen molar-refractivity contribution in [1.29, 1.82) is 0 Å². The molecule has 0 saturated heterocycles. The Morgan fingerprint density at radius 1 is 1.20 bits per heavy atom. The van der Waals surface area contributed by atoms with E-state index in [1.165, 1.54) is 0 Å². The molecule has 0 atom stereocenters. The van der Waals surface area contributed by atoms with Crippen LogP contribution in [-0.2, 0) is 0 Å². The van der Waals surface area contributed by atoms with E-state index in [0.717, 1.165) is 33.9 Å². The van der Waals surface area contributed by atoms with E-state index in [1.807, 2.05) is 50.4 Å². The lowest BCUT2D eigenvalue weighted by molar-refractivity contribution is 1.44. The zero-order valence-corrected chi connectivity index (χ0v) is 12.4. The van der Waals surface area contributed by atoms with Gasteiger partial charge in [-0.25, -0.2) is 0 Å². The molecular weight excluding hydrogens is 270 g/mol. The van der Waals surface area contributed by atoms with Crippen molar-refractivity contribution in [2.45, 2.75) is 6.92 Å². The lowest BCUT2D eigenvalue weighted by Gasteiger charge is -2.15. The molecule has 4 N–H and O–H groups in total. The normalized spacial score (nSPS) is 10.2. The summed E-state index contributed by atoms with van der Waals surface area (Å²) >= 11 is 6.05. The first-order chi connectivity index (χ1) is 9.51. The number of benzene rings is 2. The molecule has 0 aliphatic carbocycles. The molecule has 0 fully saturated rings. The van der Waals surface area contributed by atoms with Crippen molar-refractivity contribution in [3.05, 3.63) is 59.1 Å². The van der Waals surface area contributed by atoms with E-state index in [4.69, 9.17) is 17.3 Å². The van der Waals surface area contributed by atoms with E-state index in [2.05, 4.69) is 17.2 Å². The Bertz CT molecular complexity index is 650. The number of hydrogen-bond acceptors (Lipinski definition) is 3. The quantitative estimate of drug-likeness (QED) is 0.733. The molecule has 2 rings (SSSR count). The van der Waals surface area contributed by atoms with Crippen molar-refractivity contribution in [3.8, 4) is 0 Å². The first-order valence-corrected chi connectivity index (χ1v) is 6.69. The Kier molecular flexibility index (Phi) is 4.20. The van der Waals surface area contributed by atoms with Gasteiger partial charge in [0.2, 0.25) is 0 Å². The van der Waals surface area contributed by atoms with E-state index in [9.17, 15) is 0 Å². The van der Waals surface area contributed by atoms with Crippen LogP contribution in [-0.4, -0.2) is 7.05 Å². The van der Waals surface area contributed by atoms with Gasteiger partial charge in [-0.3, -0.25) is 0 Å². The van der Waals surface area contributed by atoms with Gasteiger partial charge in [0, 0.05) is 40.4 Å². The average Bonchev–Trinajstić information content (AvgIpc) is 2.43. The molecule has 0 aliphatic rings. The van der Waals surface area contributed by atoms with Crippen molar-refractivity contribution >= 4 is 34.4 Å². The number of nitrogen functional groups attached to an aromatic ring is 1. The Labute approximate surface area is 124 Å². The summed E-state index contributed by atoms with van der Waals surface area (Å²) in [4.78, 5) is 0. The summed E-state index contributed by atoms with van der Waals surface area (Å²) in [5, 5.41) is 7.05. The zero-order valence-electron chi connectivity index (χ0n) is 11.6. The topological polar surface area (TPSA) is 50.1 Å². The molecule has 0 spiro atoms. The van der Waals surface area contributed by atoms with Crippen molar-refractivity contribution in [1.82, 2.24) is 0 Å². The van der Waals surface area contributed by atoms with E-state index in [1.54, 1.807) is 0 Å². The highest BCUT2D eigenvalue weighted by atomic mass is 35.5. The van der Waals surface area contributed by atoms with Crippen LogP contribution in [0.1, 0.15) is 11.1 Å². The Balaban J connectivity index is 2.27. The van der Waals surface area contributed by atoms with Crippen molar-refractivity contribution < 1.29 is 0 Å². The predicted molar refractivity (Wildman–Crippen MR) is 89.2 cm³/mol. The fourth-order valence-corrected chi connectivity index (χ4v) is 2.12. The van der Waals surface area contributed by atoms with E-state index in [-0.39, 0.29) is 0 Å². The highest BCUT2D eigenvalue weighted by Gasteiger charge is 2.07. The average molecular weight is 288 g/mol. The van der Waals surface area contributed by atoms with Crippen LogP contribution in [0.25, 0.3) is 5.70 Å². The number of nitrogens with one attached hydrogen (secondary N) is 2. The summed E-state index contributed by atoms with van der Waals surface area (Å²) in [6.45, 7) is 6.05. The highest BCUT2D eigenvalue weighted by Crippen LogP contribution is 2.28. The van der Waals surface area contributed by atoms with E-state index >= 15 is 0 Å². The van der Waals surface area contributed by atoms with Gasteiger partial charge in [0.15, 0.2) is 0 Å². The number of hydrogen-bond donors (Lipinski definition) is 3. The second-order valence-corrected chi connectivity index (χ2v) is 5.05. The van der Waals surface area contributed by atoms with Crippen LogP contribution in [0.4, 0.5) is 17.1 Å². The zero-order chi connectivity index (χ0) is 14.7. The molecule has 0 saturated carbocycles. The Hall–Kier alpha value is -2.13. The van der Waals surface area contributed by atoms with Crippen molar-refractivity contribution in [3.63, 3.8) is 0 Å². The fraction of sp³-hybridized carbons (Fsp3) is 0.125. The molecule has 0 aliphatic heterocycles. The standard InChI is InChI=1S/C16H18ClN3/c1-10-4-6-13(9-15(10)18)20-11(2)14-8-12(17)5-7-16(14)19-3/h4-9,19-20H,2,18H2,1,3H3. The van der Waals surface area contributed by atoms with Gasteiger partial charge in [0.25, 0.3) is 0 Å². The molecule has 2 aromatic rings. The Morgan fingerprint density at radius 2 is 1.95 bits per heavy atom. The second kappa shape index (κ2) is 5.88. The second-order valence-electron chi connectivity index (χ2n) is 4.61. The molecule has 2 aromatic carbocycles. The smallest absolute Gasteiger partial charge is 0.0433 e. The highest BCUT2D eigenvalue weighted by molar-refractivity contribution is 6.30. The maximum Gasteiger partial charge on any atom is 0.0433 e. The van der Waals surface area contributed by atoms with Crippen LogP contribution in [0, 0.1) is 6.92 Å². The van der Waals surface area contributed by atoms with Gasteiger partial charge in [0.05, 0.1) is 0 Å². The summed E-state index contributed by atoms with van der Waals surface area (Å²) in [5.41, 5.74) is 11.3. The summed E-state index contributed by atoms with van der Waals surface area (Å²) < 4.78 is 0. The summed E-state index contributed by atoms with van der Waals surface area (Å²) in [6, 6.07) is 11.5. The number of anilines is 3. The molecule has 4 heteroatoms. The van der Waals surface area contributed by atoms with Gasteiger partial charge in [0.1, 0.15) is 0 Å². The van der Waals surface area contributed by atoms with Crippen LogP contribution >= 0.6 is 11.6 Å².